The number of rotatable bonds is 4. The number of hydrogen-bond acceptors (Lipinski definition) is 7. The van der Waals surface area contributed by atoms with Gasteiger partial charge >= 0.3 is 0 Å². The van der Waals surface area contributed by atoms with Gasteiger partial charge in [-0.25, -0.2) is 8.78 Å². The molecule has 10 heteroatoms. The number of nitrogens with one attached hydrogen (secondary N) is 1. The van der Waals surface area contributed by atoms with Gasteiger partial charge in [0.25, 0.3) is 0 Å². The molecule has 0 spiro atoms. The highest BCUT2D eigenvalue weighted by atomic mass is 32.1. The Balaban J connectivity index is 1.23. The second kappa shape index (κ2) is 11.0. The van der Waals surface area contributed by atoms with Crippen molar-refractivity contribution in [1.29, 1.82) is 0 Å². The van der Waals surface area contributed by atoms with Gasteiger partial charge in [0.2, 0.25) is 5.91 Å². The summed E-state index contributed by atoms with van der Waals surface area (Å²) in [5.74, 6) is -0.734. The molecule has 1 fully saturated rings. The molecule has 3 aromatic carbocycles. The summed E-state index contributed by atoms with van der Waals surface area (Å²) in [5, 5.41) is 4.59. The molecule has 0 saturated carbocycles. The number of carbonyl (C=O) groups is 2. The summed E-state index contributed by atoms with van der Waals surface area (Å²) in [4.78, 5) is 33.7. The third-order valence-electron chi connectivity index (χ3n) is 8.86. The number of fused-ring (bicyclic) bond motifs is 2. The number of aromatic nitrogens is 1. The molecule has 3 aliphatic rings. The largest absolute Gasteiger partial charge is 0.357 e. The molecule has 1 aliphatic carbocycles. The van der Waals surface area contributed by atoms with Crippen LogP contribution < -0.4 is 15.1 Å². The number of nitrogens with zero attached hydrogens (tertiary/aromatic N) is 4. The Labute approximate surface area is 258 Å². The Morgan fingerprint density at radius 2 is 1.75 bits per heavy atom. The van der Waals surface area contributed by atoms with Crippen molar-refractivity contribution in [2.24, 2.45) is 5.41 Å². The molecule has 3 heterocycles. The van der Waals surface area contributed by atoms with E-state index in [9.17, 15) is 14.0 Å². The van der Waals surface area contributed by atoms with Gasteiger partial charge in [0.15, 0.2) is 5.78 Å². The van der Waals surface area contributed by atoms with Gasteiger partial charge in [-0.05, 0) is 53.7 Å². The summed E-state index contributed by atoms with van der Waals surface area (Å²) in [7, 11) is 0. The van der Waals surface area contributed by atoms with Crippen LogP contribution in [0.15, 0.2) is 78.0 Å². The summed E-state index contributed by atoms with van der Waals surface area (Å²) < 4.78 is 35.5. The maximum atomic E-state index is 15.6. The normalized spacial score (nSPS) is 19.9. The number of amides is 1. The fraction of sp³-hybridized carbons (Fsp3) is 0.324. The molecule has 0 bridgehead atoms. The first-order valence-electron chi connectivity index (χ1n) is 14.9. The highest BCUT2D eigenvalue weighted by Gasteiger charge is 2.43. The van der Waals surface area contributed by atoms with Gasteiger partial charge in [0.05, 0.1) is 28.7 Å². The number of Topliss-reactive ketones (excluding diaryl/α,β-unsaturated/α-hetero) is 1. The van der Waals surface area contributed by atoms with Gasteiger partial charge in [-0.15, -0.1) is 0 Å². The summed E-state index contributed by atoms with van der Waals surface area (Å²) in [6, 6.07) is 18.2. The van der Waals surface area contributed by atoms with Crippen LogP contribution in [0.3, 0.4) is 0 Å². The monoisotopic (exact) mass is 613 g/mol. The molecule has 44 heavy (non-hydrogen) atoms. The quantitative estimate of drug-likeness (QED) is 0.282. The summed E-state index contributed by atoms with van der Waals surface area (Å²) in [6.07, 6.45) is 0.870. The Kier molecular flexibility index (Phi) is 7.11. The summed E-state index contributed by atoms with van der Waals surface area (Å²) >= 11 is 1.47. The van der Waals surface area contributed by atoms with Gasteiger partial charge in [0.1, 0.15) is 17.5 Å². The van der Waals surface area contributed by atoms with E-state index in [1.165, 1.54) is 23.7 Å². The molecule has 1 N–H and O–H groups in total. The highest BCUT2D eigenvalue weighted by molar-refractivity contribution is 7.13. The SMILES string of the molecule is CC1(C)CC(=O)C2=C(C1)Nc1ccccc1N(CC(=O)N1CCN(c3nsc4ccccc34)CC1)C2c1ccc(F)cc1F. The van der Waals surface area contributed by atoms with Crippen LogP contribution in [0.5, 0.6) is 0 Å². The fourth-order valence-corrected chi connectivity index (χ4v) is 7.58. The highest BCUT2D eigenvalue weighted by Crippen LogP contribution is 2.48. The topological polar surface area (TPSA) is 68.8 Å². The third-order valence-corrected chi connectivity index (χ3v) is 9.67. The van der Waals surface area contributed by atoms with Crippen molar-refractivity contribution in [2.75, 3.05) is 47.8 Å². The lowest BCUT2D eigenvalue weighted by molar-refractivity contribution is -0.130. The van der Waals surface area contributed by atoms with Crippen LogP contribution in [0, 0.1) is 17.0 Å². The number of hydrogen-bond donors (Lipinski definition) is 1. The number of allylic oxidation sites excluding steroid dienone is 1. The predicted molar refractivity (Wildman–Crippen MR) is 170 cm³/mol. The number of piperazine rings is 1. The second-order valence-electron chi connectivity index (χ2n) is 12.5. The average Bonchev–Trinajstić information content (AvgIpc) is 3.37. The zero-order chi connectivity index (χ0) is 30.6. The molecular weight excluding hydrogens is 580 g/mol. The van der Waals surface area contributed by atoms with Crippen LogP contribution in [0.2, 0.25) is 0 Å². The average molecular weight is 614 g/mol. The van der Waals surface area contributed by atoms with Gasteiger partial charge in [0, 0.05) is 60.9 Å². The van der Waals surface area contributed by atoms with Crippen molar-refractivity contribution >= 4 is 50.5 Å². The zero-order valence-electron chi connectivity index (χ0n) is 24.6. The first-order chi connectivity index (χ1) is 21.2. The Hall–Kier alpha value is -4.31. The van der Waals surface area contributed by atoms with E-state index in [1.807, 2.05) is 60.0 Å². The first-order valence-corrected chi connectivity index (χ1v) is 15.7. The molecule has 2 aliphatic heterocycles. The van der Waals surface area contributed by atoms with Crippen LogP contribution in [0.4, 0.5) is 26.0 Å². The zero-order valence-corrected chi connectivity index (χ0v) is 25.5. The number of benzene rings is 3. The van der Waals surface area contributed by atoms with E-state index in [0.29, 0.717) is 49.6 Å². The van der Waals surface area contributed by atoms with E-state index >= 15 is 4.39 Å². The predicted octanol–water partition coefficient (Wildman–Crippen LogP) is 6.54. The van der Waals surface area contributed by atoms with Crippen molar-refractivity contribution in [3.63, 3.8) is 0 Å². The fourth-order valence-electron chi connectivity index (χ4n) is 6.79. The van der Waals surface area contributed by atoms with E-state index in [-0.39, 0.29) is 35.6 Å². The molecule has 4 aromatic rings. The third kappa shape index (κ3) is 5.11. The van der Waals surface area contributed by atoms with Crippen LogP contribution in [-0.2, 0) is 9.59 Å². The lowest BCUT2D eigenvalue weighted by atomic mass is 9.73. The lowest BCUT2D eigenvalue weighted by Crippen LogP contribution is -2.52. The molecule has 1 unspecified atom stereocenters. The number of para-hydroxylation sites is 2. The van der Waals surface area contributed by atoms with Crippen molar-refractivity contribution in [3.8, 4) is 0 Å². The molecule has 226 valence electrons. The van der Waals surface area contributed by atoms with Crippen molar-refractivity contribution in [2.45, 2.75) is 32.7 Å². The number of anilines is 3. The van der Waals surface area contributed by atoms with Crippen LogP contribution >= 0.6 is 11.5 Å². The summed E-state index contributed by atoms with van der Waals surface area (Å²) in [5.41, 5.74) is 2.44. The van der Waals surface area contributed by atoms with Gasteiger partial charge in [-0.2, -0.15) is 4.37 Å². The minimum absolute atomic E-state index is 0.0761. The van der Waals surface area contributed by atoms with E-state index in [1.54, 1.807) is 0 Å². The maximum absolute atomic E-state index is 15.6. The van der Waals surface area contributed by atoms with Crippen LogP contribution in [-0.4, -0.2) is 53.7 Å². The van der Waals surface area contributed by atoms with Crippen molar-refractivity contribution < 1.29 is 18.4 Å². The first kappa shape index (κ1) is 28.5. The van der Waals surface area contributed by atoms with Crippen molar-refractivity contribution in [1.82, 2.24) is 9.27 Å². The molecule has 1 amide bonds. The molecule has 7 nitrogen and oxygen atoms in total. The maximum Gasteiger partial charge on any atom is 0.242 e. The molecule has 1 atom stereocenters. The molecule has 0 radical (unpaired) electrons. The molecule has 1 aromatic heterocycles. The Morgan fingerprint density at radius 1 is 1.00 bits per heavy atom. The van der Waals surface area contributed by atoms with E-state index in [0.717, 1.165) is 27.7 Å². The molecule has 7 rings (SSSR count). The van der Waals surface area contributed by atoms with Gasteiger partial charge < -0.3 is 20.0 Å². The number of carbonyl (C=O) groups excluding carboxylic acids is 2. The molecule has 1 saturated heterocycles. The van der Waals surface area contributed by atoms with Crippen molar-refractivity contribution in [3.05, 3.63) is 95.2 Å². The van der Waals surface area contributed by atoms with E-state index in [2.05, 4.69) is 26.7 Å². The van der Waals surface area contributed by atoms with E-state index in [4.69, 9.17) is 0 Å². The van der Waals surface area contributed by atoms with E-state index < -0.39 is 17.7 Å². The standard InChI is InChI=1S/C34H33F2N5O2S/c1-34(2)18-26-31(28(42)19-34)32(22-12-11-21(35)17-24(22)36)41(27-9-5-4-8-25(27)37-26)20-30(43)39-13-15-40(16-14-39)33-23-7-3-6-10-29(23)44-38-33/h3-12,17,32,37H,13-16,18-20H2,1-2H3. The smallest absolute Gasteiger partial charge is 0.242 e. The lowest BCUT2D eigenvalue weighted by Gasteiger charge is -2.40. The minimum Gasteiger partial charge on any atom is -0.357 e. The number of halogens is 2. The van der Waals surface area contributed by atoms with Crippen LogP contribution in [0.1, 0.15) is 38.3 Å². The second-order valence-corrected chi connectivity index (χ2v) is 13.3. The number of ketones is 1. The summed E-state index contributed by atoms with van der Waals surface area (Å²) in [6.45, 7) is 6.29. The van der Waals surface area contributed by atoms with Gasteiger partial charge in [-0.3, -0.25) is 9.59 Å². The Bertz CT molecular complexity index is 1810. The Morgan fingerprint density at radius 3 is 2.55 bits per heavy atom. The minimum atomic E-state index is -0.906. The van der Waals surface area contributed by atoms with Gasteiger partial charge in [-0.1, -0.05) is 44.2 Å². The molecular formula is C34H33F2N5O2S. The van der Waals surface area contributed by atoms with Crippen LogP contribution in [0.25, 0.3) is 10.1 Å².